The Balaban J connectivity index is 1.95. The van der Waals surface area contributed by atoms with E-state index in [4.69, 9.17) is 16.0 Å². The summed E-state index contributed by atoms with van der Waals surface area (Å²) in [6.45, 7) is 6.29. The third kappa shape index (κ3) is 3.25. The standard InChI is InChI=1S/C17H27NO3/c1-5-7-8-9-10-14-12-17(15(19)20-11-6-2)13-16(3,4)21-18(14)17/h2,14H,5,7-13H2,1,3-4H3/t14-,17+/m1/s1. The molecule has 0 aromatic carbocycles. The molecule has 4 heteroatoms. The van der Waals surface area contributed by atoms with Gasteiger partial charge in [0.05, 0.1) is 5.60 Å². The highest BCUT2D eigenvalue weighted by molar-refractivity contribution is 5.83. The zero-order valence-electron chi connectivity index (χ0n) is 13.5. The molecule has 21 heavy (non-hydrogen) atoms. The summed E-state index contributed by atoms with van der Waals surface area (Å²) in [5.74, 6) is 2.13. The van der Waals surface area contributed by atoms with Crippen LogP contribution in [0, 0.1) is 12.3 Å². The highest BCUT2D eigenvalue weighted by Crippen LogP contribution is 2.52. The van der Waals surface area contributed by atoms with E-state index in [-0.39, 0.29) is 18.2 Å². The number of nitrogens with zero attached hydrogens (tertiary/aromatic N) is 1. The molecule has 2 fully saturated rings. The molecular formula is C17H27NO3. The number of rotatable bonds is 7. The number of carbonyl (C=O) groups excluding carboxylic acids is 1. The molecule has 2 aliphatic heterocycles. The van der Waals surface area contributed by atoms with Crippen molar-refractivity contribution in [3.05, 3.63) is 0 Å². The smallest absolute Gasteiger partial charge is 0.330 e. The van der Waals surface area contributed by atoms with E-state index in [9.17, 15) is 4.79 Å². The van der Waals surface area contributed by atoms with E-state index in [1.54, 1.807) is 0 Å². The Morgan fingerprint density at radius 1 is 1.43 bits per heavy atom. The molecule has 4 nitrogen and oxygen atoms in total. The van der Waals surface area contributed by atoms with Gasteiger partial charge in [-0.05, 0) is 26.7 Å². The van der Waals surface area contributed by atoms with Gasteiger partial charge in [-0.2, -0.15) is 5.06 Å². The fourth-order valence-corrected chi connectivity index (χ4v) is 3.63. The first-order valence-corrected chi connectivity index (χ1v) is 8.04. The van der Waals surface area contributed by atoms with Crippen molar-refractivity contribution in [2.24, 2.45) is 0 Å². The van der Waals surface area contributed by atoms with E-state index < -0.39 is 5.54 Å². The molecule has 0 bridgehead atoms. The number of esters is 1. The Kier molecular flexibility index (Phi) is 4.95. The number of hydrogen-bond acceptors (Lipinski definition) is 4. The van der Waals surface area contributed by atoms with Gasteiger partial charge in [0.2, 0.25) is 0 Å². The second-order valence-electron chi connectivity index (χ2n) is 6.87. The van der Waals surface area contributed by atoms with Crippen LogP contribution in [0.4, 0.5) is 0 Å². The summed E-state index contributed by atoms with van der Waals surface area (Å²) < 4.78 is 5.19. The summed E-state index contributed by atoms with van der Waals surface area (Å²) in [7, 11) is 0. The average Bonchev–Trinajstić information content (AvgIpc) is 2.65. The van der Waals surface area contributed by atoms with Crippen LogP contribution in [-0.2, 0) is 14.4 Å². The van der Waals surface area contributed by atoms with Gasteiger partial charge >= 0.3 is 5.97 Å². The third-order valence-corrected chi connectivity index (χ3v) is 4.45. The van der Waals surface area contributed by atoms with Crippen molar-refractivity contribution in [2.45, 2.75) is 82.9 Å². The lowest BCUT2D eigenvalue weighted by atomic mass is 9.74. The molecule has 0 N–H and O–H groups in total. The molecule has 2 heterocycles. The molecule has 0 aromatic heterocycles. The topological polar surface area (TPSA) is 38.8 Å². The predicted molar refractivity (Wildman–Crippen MR) is 81.3 cm³/mol. The van der Waals surface area contributed by atoms with Gasteiger partial charge in [-0.15, -0.1) is 6.42 Å². The van der Waals surface area contributed by atoms with Gasteiger partial charge in [-0.3, -0.25) is 4.84 Å². The highest BCUT2D eigenvalue weighted by atomic mass is 16.7. The minimum atomic E-state index is -0.601. The Morgan fingerprint density at radius 2 is 2.19 bits per heavy atom. The fourth-order valence-electron chi connectivity index (χ4n) is 3.63. The SMILES string of the molecule is C#CCOC(=O)[C@@]12C[C@@H](CCCCCC)N1OC(C)(C)C2. The number of hydrogen-bond donors (Lipinski definition) is 0. The summed E-state index contributed by atoms with van der Waals surface area (Å²) >= 11 is 0. The fraction of sp³-hybridized carbons (Fsp3) is 0.824. The first-order chi connectivity index (χ1) is 9.95. The molecule has 0 aromatic rings. The maximum atomic E-state index is 12.4. The molecule has 0 saturated carbocycles. The van der Waals surface area contributed by atoms with Crippen LogP contribution >= 0.6 is 0 Å². The van der Waals surface area contributed by atoms with Crippen molar-refractivity contribution < 1.29 is 14.4 Å². The second kappa shape index (κ2) is 6.37. The van der Waals surface area contributed by atoms with Crippen LogP contribution < -0.4 is 0 Å². The molecule has 118 valence electrons. The van der Waals surface area contributed by atoms with Gasteiger partial charge in [0, 0.05) is 12.5 Å². The van der Waals surface area contributed by atoms with Crippen molar-refractivity contribution >= 4 is 5.97 Å². The van der Waals surface area contributed by atoms with Crippen LogP contribution in [0.3, 0.4) is 0 Å². The van der Waals surface area contributed by atoms with E-state index in [0.29, 0.717) is 12.5 Å². The largest absolute Gasteiger partial charge is 0.451 e. The number of fused-ring (bicyclic) bond motifs is 1. The first-order valence-electron chi connectivity index (χ1n) is 8.04. The van der Waals surface area contributed by atoms with E-state index in [2.05, 4.69) is 12.8 Å². The summed E-state index contributed by atoms with van der Waals surface area (Å²) in [6, 6.07) is 0.335. The van der Waals surface area contributed by atoms with Gasteiger partial charge in [0.1, 0.15) is 5.54 Å². The Morgan fingerprint density at radius 3 is 2.86 bits per heavy atom. The average molecular weight is 293 g/mol. The Hall–Kier alpha value is -1.05. The van der Waals surface area contributed by atoms with Crippen molar-refractivity contribution in [1.29, 1.82) is 0 Å². The highest BCUT2D eigenvalue weighted by Gasteiger charge is 2.66. The molecule has 0 unspecified atom stereocenters. The number of carbonyl (C=O) groups is 1. The zero-order valence-corrected chi connectivity index (χ0v) is 13.5. The van der Waals surface area contributed by atoms with Crippen LogP contribution in [-0.4, -0.2) is 34.8 Å². The maximum absolute atomic E-state index is 12.4. The van der Waals surface area contributed by atoms with Crippen LogP contribution in [0.2, 0.25) is 0 Å². The van der Waals surface area contributed by atoms with Crippen molar-refractivity contribution in [2.75, 3.05) is 6.61 Å². The first kappa shape index (κ1) is 16.3. The monoisotopic (exact) mass is 293 g/mol. The summed E-state index contributed by atoms with van der Waals surface area (Å²) in [5, 5.41) is 1.90. The summed E-state index contributed by atoms with van der Waals surface area (Å²) in [4.78, 5) is 18.4. The number of ether oxygens (including phenoxy) is 1. The van der Waals surface area contributed by atoms with Gasteiger partial charge in [0.25, 0.3) is 0 Å². The van der Waals surface area contributed by atoms with E-state index >= 15 is 0 Å². The van der Waals surface area contributed by atoms with Gasteiger partial charge in [-0.25, -0.2) is 4.79 Å². The molecule has 0 amide bonds. The van der Waals surface area contributed by atoms with Gasteiger partial charge < -0.3 is 4.74 Å². The van der Waals surface area contributed by atoms with Crippen LogP contribution in [0.1, 0.15) is 65.7 Å². The summed E-state index contributed by atoms with van der Waals surface area (Å²) in [5.41, 5.74) is -0.914. The molecule has 2 rings (SSSR count). The predicted octanol–water partition coefficient (Wildman–Crippen LogP) is 3.06. The van der Waals surface area contributed by atoms with Crippen LogP contribution in [0.15, 0.2) is 0 Å². The van der Waals surface area contributed by atoms with Crippen molar-refractivity contribution in [3.8, 4) is 12.3 Å². The molecule has 2 aliphatic rings. The Labute approximate surface area is 128 Å². The van der Waals surface area contributed by atoms with Crippen molar-refractivity contribution in [3.63, 3.8) is 0 Å². The van der Waals surface area contributed by atoms with Gasteiger partial charge in [0.15, 0.2) is 6.61 Å². The number of unbranched alkanes of at least 4 members (excludes halogenated alkanes) is 3. The van der Waals surface area contributed by atoms with Crippen LogP contribution in [0.5, 0.6) is 0 Å². The number of hydroxylamine groups is 2. The minimum Gasteiger partial charge on any atom is -0.451 e. The number of terminal acetylenes is 1. The lowest BCUT2D eigenvalue weighted by molar-refractivity contribution is -0.285. The van der Waals surface area contributed by atoms with Gasteiger partial charge in [-0.1, -0.05) is 38.5 Å². The van der Waals surface area contributed by atoms with E-state index in [1.807, 2.05) is 18.9 Å². The second-order valence-corrected chi connectivity index (χ2v) is 6.87. The third-order valence-electron chi connectivity index (χ3n) is 4.45. The molecule has 2 saturated heterocycles. The van der Waals surface area contributed by atoms with Crippen molar-refractivity contribution in [1.82, 2.24) is 5.06 Å². The van der Waals surface area contributed by atoms with Crippen LogP contribution in [0.25, 0.3) is 0 Å². The zero-order chi connectivity index (χ0) is 15.5. The molecular weight excluding hydrogens is 266 g/mol. The molecule has 0 spiro atoms. The van der Waals surface area contributed by atoms with E-state index in [1.165, 1.54) is 25.7 Å². The van der Waals surface area contributed by atoms with E-state index in [0.717, 1.165) is 12.8 Å². The molecule has 0 aliphatic carbocycles. The maximum Gasteiger partial charge on any atom is 0.330 e. The lowest BCUT2D eigenvalue weighted by Gasteiger charge is -2.50. The molecule has 0 radical (unpaired) electrons. The lowest BCUT2D eigenvalue weighted by Crippen LogP contribution is -2.66. The molecule has 2 atom stereocenters. The minimum absolute atomic E-state index is 0.0377. The summed E-state index contributed by atoms with van der Waals surface area (Å²) in [6.07, 6.45) is 12.7. The normalized spacial score (nSPS) is 30.3. The quantitative estimate of drug-likeness (QED) is 0.411. The Bertz CT molecular complexity index is 426.